The van der Waals surface area contributed by atoms with E-state index in [9.17, 15) is 4.79 Å². The zero-order chi connectivity index (χ0) is 20.8. The van der Waals surface area contributed by atoms with Crippen LogP contribution in [0.3, 0.4) is 0 Å². The van der Waals surface area contributed by atoms with Crippen LogP contribution in [0.15, 0.2) is 53.7 Å². The van der Waals surface area contributed by atoms with Gasteiger partial charge in [-0.15, -0.1) is 5.10 Å². The maximum absolute atomic E-state index is 12.7. The number of nitrogens with one attached hydrogen (secondary N) is 1. The van der Waals surface area contributed by atoms with Gasteiger partial charge in [-0.05, 0) is 53.8 Å². The molecule has 152 valence electrons. The van der Waals surface area contributed by atoms with E-state index in [2.05, 4.69) is 59.8 Å². The number of amides is 1. The second-order valence-corrected chi connectivity index (χ2v) is 8.55. The van der Waals surface area contributed by atoms with E-state index in [0.717, 1.165) is 23.2 Å². The standard InChI is InChI=1S/C22H27N5OS/c1-15(2)12-19(18-8-6-5-7-9-18)23-21(28)14-29-22-24-25-26-27(22)20-11-10-16(3)13-17(20)4/h5-11,13,15,19H,12,14H2,1-4H3,(H,23,28). The molecule has 0 fully saturated rings. The molecule has 0 radical (unpaired) electrons. The predicted molar refractivity (Wildman–Crippen MR) is 116 cm³/mol. The number of hydrogen-bond acceptors (Lipinski definition) is 5. The average Bonchev–Trinajstić information content (AvgIpc) is 3.14. The summed E-state index contributed by atoms with van der Waals surface area (Å²) in [5.41, 5.74) is 4.32. The molecule has 0 saturated carbocycles. The molecule has 3 aromatic rings. The number of rotatable bonds is 8. The van der Waals surface area contributed by atoms with Crippen molar-refractivity contribution < 1.29 is 4.79 Å². The van der Waals surface area contributed by atoms with Crippen LogP contribution >= 0.6 is 11.8 Å². The van der Waals surface area contributed by atoms with E-state index >= 15 is 0 Å². The second kappa shape index (κ2) is 9.69. The Kier molecular flexibility index (Phi) is 7.04. The molecule has 2 aromatic carbocycles. The van der Waals surface area contributed by atoms with Crippen LogP contribution in [-0.2, 0) is 4.79 Å². The third-order valence-electron chi connectivity index (χ3n) is 4.60. The van der Waals surface area contributed by atoms with Crippen molar-refractivity contribution in [2.75, 3.05) is 5.75 Å². The van der Waals surface area contributed by atoms with Crippen molar-refractivity contribution in [3.63, 3.8) is 0 Å². The van der Waals surface area contributed by atoms with Gasteiger partial charge in [0.05, 0.1) is 17.5 Å². The summed E-state index contributed by atoms with van der Waals surface area (Å²) in [6.45, 7) is 8.40. The number of tetrazole rings is 1. The minimum atomic E-state index is -0.0281. The molecular weight excluding hydrogens is 382 g/mol. The number of thioether (sulfide) groups is 1. The molecule has 1 heterocycles. The van der Waals surface area contributed by atoms with Crippen molar-refractivity contribution in [3.8, 4) is 5.69 Å². The Labute approximate surface area is 176 Å². The molecule has 6 nitrogen and oxygen atoms in total. The van der Waals surface area contributed by atoms with Gasteiger partial charge in [0.25, 0.3) is 0 Å². The van der Waals surface area contributed by atoms with Gasteiger partial charge in [-0.25, -0.2) is 0 Å². The summed E-state index contributed by atoms with van der Waals surface area (Å²) >= 11 is 1.34. The molecule has 0 saturated heterocycles. The normalized spacial score (nSPS) is 12.2. The van der Waals surface area contributed by atoms with E-state index in [-0.39, 0.29) is 17.7 Å². The Balaban J connectivity index is 1.67. The first-order valence-corrected chi connectivity index (χ1v) is 10.8. The lowest BCUT2D eigenvalue weighted by Gasteiger charge is -2.21. The van der Waals surface area contributed by atoms with Gasteiger partial charge in [0, 0.05) is 0 Å². The largest absolute Gasteiger partial charge is 0.349 e. The fourth-order valence-corrected chi connectivity index (χ4v) is 3.96. The van der Waals surface area contributed by atoms with E-state index in [1.165, 1.54) is 17.3 Å². The highest BCUT2D eigenvalue weighted by molar-refractivity contribution is 7.99. The number of nitrogens with zero attached hydrogens (tertiary/aromatic N) is 4. The first-order valence-electron chi connectivity index (χ1n) is 9.77. The molecule has 0 bridgehead atoms. The van der Waals surface area contributed by atoms with Gasteiger partial charge in [-0.2, -0.15) is 4.68 Å². The summed E-state index contributed by atoms with van der Waals surface area (Å²) in [5.74, 6) is 0.705. The molecule has 1 atom stereocenters. The molecule has 1 N–H and O–H groups in total. The maximum Gasteiger partial charge on any atom is 0.230 e. The van der Waals surface area contributed by atoms with Gasteiger partial charge < -0.3 is 5.32 Å². The first kappa shape index (κ1) is 21.0. The zero-order valence-corrected chi connectivity index (χ0v) is 18.1. The Hall–Kier alpha value is -2.67. The number of carbonyl (C=O) groups is 1. The van der Waals surface area contributed by atoms with Crippen LogP contribution in [0.5, 0.6) is 0 Å². The van der Waals surface area contributed by atoms with E-state index in [4.69, 9.17) is 0 Å². The average molecular weight is 410 g/mol. The summed E-state index contributed by atoms with van der Waals surface area (Å²) in [6, 6.07) is 16.2. The highest BCUT2D eigenvalue weighted by Crippen LogP contribution is 2.23. The lowest BCUT2D eigenvalue weighted by Crippen LogP contribution is -2.31. The number of aryl methyl sites for hydroxylation is 2. The Morgan fingerprint density at radius 2 is 1.90 bits per heavy atom. The fourth-order valence-electron chi connectivity index (χ4n) is 3.26. The van der Waals surface area contributed by atoms with Crippen molar-refractivity contribution in [2.24, 2.45) is 5.92 Å². The lowest BCUT2D eigenvalue weighted by molar-refractivity contribution is -0.119. The molecule has 1 aromatic heterocycles. The van der Waals surface area contributed by atoms with Gasteiger partial charge in [0.2, 0.25) is 11.1 Å². The minimum absolute atomic E-state index is 0.000335. The quantitative estimate of drug-likeness (QED) is 0.562. The van der Waals surface area contributed by atoms with Crippen molar-refractivity contribution in [2.45, 2.75) is 45.3 Å². The number of hydrogen-bond donors (Lipinski definition) is 1. The SMILES string of the molecule is Cc1ccc(-n2nnnc2SCC(=O)NC(CC(C)C)c2ccccc2)c(C)c1. The highest BCUT2D eigenvalue weighted by Gasteiger charge is 2.18. The second-order valence-electron chi connectivity index (χ2n) is 7.61. The molecule has 7 heteroatoms. The zero-order valence-electron chi connectivity index (χ0n) is 17.3. The smallest absolute Gasteiger partial charge is 0.230 e. The van der Waals surface area contributed by atoms with Gasteiger partial charge in [0.15, 0.2) is 0 Å². The summed E-state index contributed by atoms with van der Waals surface area (Å²) in [6.07, 6.45) is 0.890. The van der Waals surface area contributed by atoms with Crippen LogP contribution in [0.2, 0.25) is 0 Å². The molecule has 1 amide bonds. The molecule has 29 heavy (non-hydrogen) atoms. The van der Waals surface area contributed by atoms with Gasteiger partial charge in [-0.3, -0.25) is 4.79 Å². The molecular formula is C22H27N5OS. The van der Waals surface area contributed by atoms with Crippen molar-refractivity contribution in [1.82, 2.24) is 25.5 Å². The van der Waals surface area contributed by atoms with E-state index in [0.29, 0.717) is 11.1 Å². The third kappa shape index (κ3) is 5.67. The van der Waals surface area contributed by atoms with Crippen LogP contribution in [0.25, 0.3) is 5.69 Å². The third-order valence-corrected chi connectivity index (χ3v) is 5.52. The van der Waals surface area contributed by atoms with Crippen LogP contribution in [0.1, 0.15) is 43.0 Å². The van der Waals surface area contributed by atoms with Gasteiger partial charge >= 0.3 is 0 Å². The predicted octanol–water partition coefficient (Wildman–Crippen LogP) is 4.27. The van der Waals surface area contributed by atoms with Crippen molar-refractivity contribution >= 4 is 17.7 Å². The van der Waals surface area contributed by atoms with Crippen molar-refractivity contribution in [3.05, 3.63) is 65.2 Å². The van der Waals surface area contributed by atoms with Crippen molar-refractivity contribution in [1.29, 1.82) is 0 Å². The Morgan fingerprint density at radius 1 is 1.14 bits per heavy atom. The van der Waals surface area contributed by atoms with Crippen LogP contribution in [0, 0.1) is 19.8 Å². The number of benzene rings is 2. The fraction of sp³-hybridized carbons (Fsp3) is 0.364. The molecule has 0 aliphatic rings. The monoisotopic (exact) mass is 409 g/mol. The van der Waals surface area contributed by atoms with E-state index in [1.807, 2.05) is 37.3 Å². The Morgan fingerprint density at radius 3 is 2.59 bits per heavy atom. The van der Waals surface area contributed by atoms with Crippen LogP contribution in [-0.4, -0.2) is 31.9 Å². The molecule has 0 aliphatic carbocycles. The lowest BCUT2D eigenvalue weighted by atomic mass is 9.97. The summed E-state index contributed by atoms with van der Waals surface area (Å²) < 4.78 is 1.69. The van der Waals surface area contributed by atoms with E-state index < -0.39 is 0 Å². The molecule has 3 rings (SSSR count). The van der Waals surface area contributed by atoms with E-state index in [1.54, 1.807) is 4.68 Å². The molecule has 0 aliphatic heterocycles. The minimum Gasteiger partial charge on any atom is -0.349 e. The highest BCUT2D eigenvalue weighted by atomic mass is 32.2. The van der Waals surface area contributed by atoms with Gasteiger partial charge in [0.1, 0.15) is 0 Å². The molecule has 1 unspecified atom stereocenters. The van der Waals surface area contributed by atoms with Crippen LogP contribution in [0.4, 0.5) is 0 Å². The Bertz CT molecular complexity index is 955. The maximum atomic E-state index is 12.7. The topological polar surface area (TPSA) is 72.7 Å². The first-order chi connectivity index (χ1) is 13.9. The summed E-state index contributed by atoms with van der Waals surface area (Å²) in [7, 11) is 0. The van der Waals surface area contributed by atoms with Gasteiger partial charge in [-0.1, -0.05) is 73.6 Å². The van der Waals surface area contributed by atoms with Crippen LogP contribution < -0.4 is 5.32 Å². The summed E-state index contributed by atoms with van der Waals surface area (Å²) in [5, 5.41) is 15.8. The molecule has 0 spiro atoms. The summed E-state index contributed by atoms with van der Waals surface area (Å²) in [4.78, 5) is 12.7. The number of aromatic nitrogens is 4. The number of carbonyl (C=O) groups excluding carboxylic acids is 1.